The van der Waals surface area contributed by atoms with Gasteiger partial charge in [-0.2, -0.15) is 0 Å². The lowest BCUT2D eigenvalue weighted by molar-refractivity contribution is -0.576. The maximum absolute atomic E-state index is 12.3. The van der Waals surface area contributed by atoms with Crippen molar-refractivity contribution in [3.05, 3.63) is 96.1 Å². The van der Waals surface area contributed by atoms with Gasteiger partial charge in [-0.1, -0.05) is 104 Å². The molecule has 4 aromatic rings. The van der Waals surface area contributed by atoms with Crippen LogP contribution >= 0.6 is 0 Å². The summed E-state index contributed by atoms with van der Waals surface area (Å²) in [6.07, 6.45) is 0.727. The average Bonchev–Trinajstić information content (AvgIpc) is 0.844. The number of epoxide rings is 1. The van der Waals surface area contributed by atoms with Crippen molar-refractivity contribution in [1.29, 1.82) is 0 Å². The molecule has 0 saturated carbocycles. The van der Waals surface area contributed by atoms with Crippen molar-refractivity contribution in [2.24, 2.45) is 30.9 Å². The molecule has 20 nitrogen and oxygen atoms in total. The van der Waals surface area contributed by atoms with E-state index in [9.17, 15) is 9.59 Å². The number of aliphatic imine (C=N–C) groups is 5. The van der Waals surface area contributed by atoms with Crippen LogP contribution in [0.3, 0.4) is 0 Å². The van der Waals surface area contributed by atoms with E-state index in [1.54, 1.807) is 0 Å². The average molecular weight is 1530 g/mol. The van der Waals surface area contributed by atoms with Crippen LogP contribution in [0.1, 0.15) is 274 Å². The van der Waals surface area contributed by atoms with Crippen molar-refractivity contribution < 1.29 is 46.7 Å². The minimum Gasteiger partial charge on any atom is -0.460 e. The molecule has 0 radical (unpaired) electrons. The second-order valence-corrected chi connectivity index (χ2v) is 34.6. The minimum atomic E-state index is -0.463. The van der Waals surface area contributed by atoms with E-state index in [-0.39, 0.29) is 42.0 Å². The molecular formula is C90H156N15O5+5. The van der Waals surface area contributed by atoms with Gasteiger partial charge in [0.05, 0.1) is 141 Å². The number of nitrogens with zero attached hydrogens (tertiary/aromatic N) is 10. The molecule has 616 valence electrons. The zero-order valence-electron chi connectivity index (χ0n) is 76.0. The number of benzene rings is 4. The number of guanidine groups is 5. The zero-order valence-corrected chi connectivity index (χ0v) is 76.0. The van der Waals surface area contributed by atoms with Crippen LogP contribution in [0.4, 0.5) is 0 Å². The van der Waals surface area contributed by atoms with Gasteiger partial charge in [-0.05, 0) is 289 Å². The number of hydrogen-bond donors (Lipinski definition) is 5. The van der Waals surface area contributed by atoms with Crippen LogP contribution in [-0.2, 0) is 36.9 Å². The molecule has 20 heteroatoms. The molecule has 0 aliphatic carbocycles. The van der Waals surface area contributed by atoms with Gasteiger partial charge in [-0.15, -0.1) is 0 Å². The van der Waals surface area contributed by atoms with E-state index in [2.05, 4.69) is 293 Å². The van der Waals surface area contributed by atoms with Crippen LogP contribution in [0.25, 0.3) is 21.5 Å². The molecule has 1 aliphatic heterocycles. The van der Waals surface area contributed by atoms with Gasteiger partial charge in [0.2, 0.25) is 0 Å². The largest absolute Gasteiger partial charge is 0.460 e. The summed E-state index contributed by atoms with van der Waals surface area (Å²) in [5.74, 6) is 3.90. The molecule has 2 unspecified atom stereocenters. The van der Waals surface area contributed by atoms with Crippen molar-refractivity contribution in [2.75, 3.05) is 26.2 Å². The summed E-state index contributed by atoms with van der Waals surface area (Å²) in [4.78, 5) is 47.6. The number of hydrogen-bond acceptors (Lipinski definition) is 5. The van der Waals surface area contributed by atoms with Crippen LogP contribution in [-0.4, -0.2) is 197 Å². The topological polar surface area (TPSA) is 202 Å². The fraction of sp³-hybridized carbons (Fsp3) is 0.644. The number of nitrogens with one attached hydrogen (secondary N) is 5. The highest BCUT2D eigenvalue weighted by Crippen LogP contribution is 2.30. The summed E-state index contributed by atoms with van der Waals surface area (Å²) in [6.45, 7) is 80.7. The molecule has 4 aromatic carbocycles. The molecule has 2 atom stereocenters. The highest BCUT2D eigenvalue weighted by atomic mass is 16.6. The summed E-state index contributed by atoms with van der Waals surface area (Å²) >= 11 is 0. The lowest BCUT2D eigenvalue weighted by Gasteiger charge is -2.24. The number of ether oxygens (including phenoxy) is 3. The fourth-order valence-corrected chi connectivity index (χ4v) is 10.9. The second kappa shape index (κ2) is 49.4. The normalized spacial score (nSPS) is 14.2. The lowest BCUT2D eigenvalue weighted by Crippen LogP contribution is -2.43. The Morgan fingerprint density at radius 1 is 0.418 bits per heavy atom. The third-order valence-electron chi connectivity index (χ3n) is 15.7. The molecule has 1 aliphatic rings. The third-order valence-corrected chi connectivity index (χ3v) is 15.7. The van der Waals surface area contributed by atoms with E-state index < -0.39 is 11.2 Å². The van der Waals surface area contributed by atoms with Gasteiger partial charge in [-0.3, -0.25) is 59.1 Å². The first-order chi connectivity index (χ1) is 50.9. The van der Waals surface area contributed by atoms with Crippen molar-refractivity contribution in [1.82, 2.24) is 26.6 Å². The summed E-state index contributed by atoms with van der Waals surface area (Å²) in [7, 11) is 0. The van der Waals surface area contributed by atoms with Crippen LogP contribution in [0.15, 0.2) is 110 Å². The van der Waals surface area contributed by atoms with Gasteiger partial charge in [0.1, 0.15) is 17.3 Å². The van der Waals surface area contributed by atoms with Crippen molar-refractivity contribution in [3.63, 3.8) is 0 Å². The SMILES string of the molecule is CC(C)=NC(NC(C)C)=[N+](CC(C)C(=O)OC(C)(C)C)C(C)C.CC(C)=NC(NC(C)C)=[N+](CC1CO1)C(C)C.CC(C)=NC(NC(C)C)=[N+](CCC(=O)OC(C)(C)C)C(C)C.CC(C)=NC(NC(C)C)=[N+](Cc1c2ccccc2cc2ccccc12)C(C)C.CC(C)=NC(NC(C)C)=[N+](Cc1ccccc1)C(C)C. The molecule has 1 saturated heterocycles. The number of carbonyl (C=O) groups is 2. The standard InChI is InChI=1S/C25H31N3.C18H35N3O2.C17H33N3O2.C17H27N3.C13H25N3O/c1-17(2)26-25(27-18(3)4)28(19(5)6)16-24-22-13-9-7-11-20(22)15-21-12-8-10-14-23(21)24;1-12(2)19-17(20-13(3)4)21(14(5)6)11-15(7)16(22)23-18(8,9)10;1-12(2)18-16(19-13(3)4)20(14(5)6)11-10-15(21)22-17(7,8)9;1-13(2)18-17(19-14(3)4)20(15(5)6)12-16-10-8-7-9-11-16;1-9(2)14-13(15-10(3)4)16(11(5)6)7-12-8-17-12/h7-15,17,19H,16H2,1-6H3;12,14-15H,11H2,1-10H3;12,14H,10-11H2,1-9H3;7-11,13,15H,12H2,1-6H3;9,11-12H,7-8H2,1-6H3/p+5. The Labute approximate surface area is 668 Å². The molecule has 0 amide bonds. The van der Waals surface area contributed by atoms with E-state index in [0.29, 0.717) is 61.9 Å². The number of fused-ring (bicyclic) bond motifs is 2. The van der Waals surface area contributed by atoms with Crippen molar-refractivity contribution in [3.8, 4) is 0 Å². The zero-order chi connectivity index (χ0) is 84.2. The third kappa shape index (κ3) is 42.4. The summed E-state index contributed by atoms with van der Waals surface area (Å²) in [5, 5.41) is 22.4. The molecule has 110 heavy (non-hydrogen) atoms. The Bertz CT molecular complexity index is 3750. The van der Waals surface area contributed by atoms with Gasteiger partial charge in [-0.25, -0.2) is 0 Å². The first-order valence-electron chi connectivity index (χ1n) is 40.5. The monoisotopic (exact) mass is 1530 g/mol. The van der Waals surface area contributed by atoms with E-state index in [4.69, 9.17) is 19.2 Å². The molecule has 1 fully saturated rings. The predicted octanol–water partition coefficient (Wildman–Crippen LogP) is 17.0. The second-order valence-electron chi connectivity index (χ2n) is 34.6. The first-order valence-corrected chi connectivity index (χ1v) is 40.5. The molecule has 0 bridgehead atoms. The number of rotatable bonds is 22. The van der Waals surface area contributed by atoms with Gasteiger partial charge in [0.25, 0.3) is 0 Å². The summed E-state index contributed by atoms with van der Waals surface area (Å²) in [5.41, 5.74) is 6.88. The van der Waals surface area contributed by atoms with E-state index in [0.717, 1.165) is 84.6 Å². The quantitative estimate of drug-likeness (QED) is 0.0126. The predicted molar refractivity (Wildman–Crippen MR) is 472 cm³/mol. The van der Waals surface area contributed by atoms with Gasteiger partial charge >= 0.3 is 41.7 Å². The molecular weight excluding hydrogens is 1370 g/mol. The lowest BCUT2D eigenvalue weighted by atomic mass is 9.96. The van der Waals surface area contributed by atoms with Crippen LogP contribution in [0, 0.1) is 5.92 Å². The Kier molecular flexibility index (Phi) is 44.9. The highest BCUT2D eigenvalue weighted by molar-refractivity contribution is 6.02. The van der Waals surface area contributed by atoms with Crippen molar-refractivity contribution in [2.45, 2.75) is 353 Å². The molecule has 5 N–H and O–H groups in total. The van der Waals surface area contributed by atoms with E-state index in [1.165, 1.54) is 32.7 Å². The molecule has 1 heterocycles. The number of carbonyl (C=O) groups excluding carboxylic acids is 2. The molecule has 5 rings (SSSR count). The minimum absolute atomic E-state index is 0.177. The Morgan fingerprint density at radius 3 is 1.05 bits per heavy atom. The molecule has 0 spiro atoms. The van der Waals surface area contributed by atoms with Crippen molar-refractivity contribution >= 4 is 91.8 Å². The van der Waals surface area contributed by atoms with Gasteiger partial charge < -0.3 is 14.2 Å². The fourth-order valence-electron chi connectivity index (χ4n) is 10.9. The first kappa shape index (κ1) is 100. The van der Waals surface area contributed by atoms with E-state index >= 15 is 0 Å². The Hall–Kier alpha value is -8.00. The maximum Gasteiger partial charge on any atom is 0.387 e. The van der Waals surface area contributed by atoms with E-state index in [1.807, 2.05) is 118 Å². The number of esters is 2. The van der Waals surface area contributed by atoms with Crippen LogP contribution in [0.2, 0.25) is 0 Å². The Morgan fingerprint density at radius 2 is 0.727 bits per heavy atom. The van der Waals surface area contributed by atoms with Crippen LogP contribution in [0.5, 0.6) is 0 Å². The summed E-state index contributed by atoms with van der Waals surface area (Å²) in [6, 6.07) is 33.4. The van der Waals surface area contributed by atoms with Gasteiger partial charge in [0.15, 0.2) is 0 Å². The molecule has 0 aromatic heterocycles. The maximum atomic E-state index is 12.3. The highest BCUT2D eigenvalue weighted by Gasteiger charge is 2.31. The Balaban J connectivity index is 0.000000694. The smallest absolute Gasteiger partial charge is 0.387 e. The van der Waals surface area contributed by atoms with Crippen LogP contribution < -0.4 is 26.6 Å². The van der Waals surface area contributed by atoms with Gasteiger partial charge in [0, 0.05) is 5.56 Å². The summed E-state index contributed by atoms with van der Waals surface area (Å²) < 4.78 is 27.4.